The molecule has 0 amide bonds. The van der Waals surface area contributed by atoms with Crippen molar-refractivity contribution in [2.45, 2.75) is 51.6 Å². The molecule has 1 heteroatoms. The van der Waals surface area contributed by atoms with Crippen LogP contribution in [-0.4, -0.2) is 5.11 Å². The van der Waals surface area contributed by atoms with Crippen molar-refractivity contribution in [1.82, 2.24) is 0 Å². The summed E-state index contributed by atoms with van der Waals surface area (Å²) in [5, 5.41) is 10.7. The first-order valence-corrected chi connectivity index (χ1v) is 7.98. The van der Waals surface area contributed by atoms with Gasteiger partial charge >= 0.3 is 0 Å². The number of hydrogen-bond acceptors (Lipinski definition) is 1. The smallest absolute Gasteiger partial charge is 0.0798 e. The molecule has 1 aliphatic rings. The number of aliphatic hydroxyl groups excluding tert-OH is 1. The van der Waals surface area contributed by atoms with Crippen LogP contribution >= 0.6 is 0 Å². The van der Waals surface area contributed by atoms with Crippen LogP contribution in [0.25, 0.3) is 0 Å². The Morgan fingerprint density at radius 1 is 1.14 bits per heavy atom. The minimum absolute atomic E-state index is 0.360. The van der Waals surface area contributed by atoms with Crippen molar-refractivity contribution in [1.29, 1.82) is 0 Å². The van der Waals surface area contributed by atoms with E-state index in [2.05, 4.69) is 56.3 Å². The zero-order valence-corrected chi connectivity index (χ0v) is 13.0. The van der Waals surface area contributed by atoms with E-state index in [-0.39, 0.29) is 6.10 Å². The number of fused-ring (bicyclic) bond motifs is 1. The average Bonchev–Trinajstić information content (AvgIpc) is 2.50. The fraction of sp³-hybridized carbons (Fsp3) is 0.400. The van der Waals surface area contributed by atoms with E-state index in [9.17, 15) is 5.11 Å². The number of hydrogen-bond donors (Lipinski definition) is 1. The number of aliphatic hydroxyl groups is 1. The molecular formula is C20H24O. The molecule has 0 bridgehead atoms. The van der Waals surface area contributed by atoms with Crippen molar-refractivity contribution in [3.8, 4) is 0 Å². The van der Waals surface area contributed by atoms with Crippen LogP contribution in [0.15, 0.2) is 42.5 Å². The fourth-order valence-corrected chi connectivity index (χ4v) is 3.61. The van der Waals surface area contributed by atoms with Gasteiger partial charge in [0.1, 0.15) is 0 Å². The minimum atomic E-state index is -0.360. The molecule has 0 saturated carbocycles. The molecule has 2 aromatic rings. The van der Waals surface area contributed by atoms with Gasteiger partial charge in [-0.3, -0.25) is 0 Å². The highest BCUT2D eigenvalue weighted by Crippen LogP contribution is 2.38. The summed E-state index contributed by atoms with van der Waals surface area (Å²) < 4.78 is 0. The summed E-state index contributed by atoms with van der Waals surface area (Å²) in [5.74, 6) is 0.491. The SMILES string of the molecule is Cc1ccc(C)c(C(O)CC2CCCc3ccccc32)c1. The van der Waals surface area contributed by atoms with Crippen LogP contribution in [-0.2, 0) is 6.42 Å². The molecule has 0 aromatic heterocycles. The van der Waals surface area contributed by atoms with E-state index in [1.54, 1.807) is 0 Å². The van der Waals surface area contributed by atoms with Crippen molar-refractivity contribution in [3.05, 3.63) is 70.3 Å². The first-order valence-electron chi connectivity index (χ1n) is 7.98. The van der Waals surface area contributed by atoms with E-state index in [1.807, 2.05) is 0 Å². The average molecular weight is 280 g/mol. The lowest BCUT2D eigenvalue weighted by atomic mass is 9.79. The van der Waals surface area contributed by atoms with Gasteiger partial charge in [-0.25, -0.2) is 0 Å². The maximum Gasteiger partial charge on any atom is 0.0798 e. The highest BCUT2D eigenvalue weighted by Gasteiger charge is 2.23. The third-order valence-corrected chi connectivity index (χ3v) is 4.80. The Hall–Kier alpha value is -1.60. The Morgan fingerprint density at radius 2 is 1.95 bits per heavy atom. The van der Waals surface area contributed by atoms with Crippen LogP contribution in [0.2, 0.25) is 0 Å². The Labute approximate surface area is 127 Å². The predicted octanol–water partition coefficient (Wildman–Crippen LogP) is 4.85. The third kappa shape index (κ3) is 3.03. The second-order valence-electron chi connectivity index (χ2n) is 6.40. The molecule has 1 N–H and O–H groups in total. The molecule has 21 heavy (non-hydrogen) atoms. The first kappa shape index (κ1) is 14.3. The maximum atomic E-state index is 10.7. The van der Waals surface area contributed by atoms with Gasteiger partial charge < -0.3 is 5.11 Å². The van der Waals surface area contributed by atoms with Gasteiger partial charge in [-0.05, 0) is 67.7 Å². The van der Waals surface area contributed by atoms with Crippen molar-refractivity contribution in [2.75, 3.05) is 0 Å². The summed E-state index contributed by atoms with van der Waals surface area (Å²) in [6.45, 7) is 4.18. The molecule has 0 spiro atoms. The standard InChI is InChI=1S/C20H24O/c1-14-10-11-15(2)19(12-14)20(21)13-17-8-5-7-16-6-3-4-9-18(16)17/h3-4,6,9-12,17,20-21H,5,7-8,13H2,1-2H3. The highest BCUT2D eigenvalue weighted by atomic mass is 16.3. The van der Waals surface area contributed by atoms with Gasteiger partial charge in [0.25, 0.3) is 0 Å². The van der Waals surface area contributed by atoms with Crippen molar-refractivity contribution in [3.63, 3.8) is 0 Å². The van der Waals surface area contributed by atoms with Crippen molar-refractivity contribution >= 4 is 0 Å². The van der Waals surface area contributed by atoms with Crippen LogP contribution in [0.3, 0.4) is 0 Å². The first-order chi connectivity index (χ1) is 10.1. The van der Waals surface area contributed by atoms with Gasteiger partial charge in [0.2, 0.25) is 0 Å². The summed E-state index contributed by atoms with van der Waals surface area (Å²) in [5.41, 5.74) is 6.43. The fourth-order valence-electron chi connectivity index (χ4n) is 3.61. The van der Waals surface area contributed by atoms with Gasteiger partial charge in [0.15, 0.2) is 0 Å². The van der Waals surface area contributed by atoms with E-state index in [4.69, 9.17) is 0 Å². The van der Waals surface area contributed by atoms with Gasteiger partial charge in [0, 0.05) is 0 Å². The largest absolute Gasteiger partial charge is 0.388 e. The normalized spacial score (nSPS) is 19.1. The molecule has 3 rings (SSSR count). The van der Waals surface area contributed by atoms with Gasteiger partial charge in [0.05, 0.1) is 6.10 Å². The molecule has 0 fully saturated rings. The Balaban J connectivity index is 1.82. The topological polar surface area (TPSA) is 20.2 Å². The second-order valence-corrected chi connectivity index (χ2v) is 6.40. The van der Waals surface area contributed by atoms with E-state index in [0.29, 0.717) is 5.92 Å². The zero-order chi connectivity index (χ0) is 14.8. The minimum Gasteiger partial charge on any atom is -0.388 e. The molecule has 1 nitrogen and oxygen atoms in total. The summed E-state index contributed by atoms with van der Waals surface area (Å²) in [4.78, 5) is 0. The zero-order valence-electron chi connectivity index (χ0n) is 13.0. The van der Waals surface area contributed by atoms with Crippen LogP contribution in [0.5, 0.6) is 0 Å². The molecule has 110 valence electrons. The molecular weight excluding hydrogens is 256 g/mol. The molecule has 2 unspecified atom stereocenters. The Morgan fingerprint density at radius 3 is 2.81 bits per heavy atom. The highest BCUT2D eigenvalue weighted by molar-refractivity contribution is 5.35. The molecule has 0 saturated heterocycles. The second kappa shape index (κ2) is 6.03. The number of aryl methyl sites for hydroxylation is 3. The molecule has 0 radical (unpaired) electrons. The monoisotopic (exact) mass is 280 g/mol. The predicted molar refractivity (Wildman–Crippen MR) is 87.6 cm³/mol. The lowest BCUT2D eigenvalue weighted by molar-refractivity contribution is 0.153. The van der Waals surface area contributed by atoms with Gasteiger partial charge in [-0.1, -0.05) is 48.0 Å². The summed E-state index contributed by atoms with van der Waals surface area (Å²) in [7, 11) is 0. The number of rotatable bonds is 3. The maximum absolute atomic E-state index is 10.7. The summed E-state index contributed by atoms with van der Waals surface area (Å²) in [6.07, 6.45) is 4.09. The van der Waals surface area contributed by atoms with Crippen LogP contribution in [0.1, 0.15) is 59.1 Å². The third-order valence-electron chi connectivity index (χ3n) is 4.80. The van der Waals surface area contributed by atoms with E-state index < -0.39 is 0 Å². The lowest BCUT2D eigenvalue weighted by Crippen LogP contribution is -2.13. The number of benzene rings is 2. The van der Waals surface area contributed by atoms with E-state index >= 15 is 0 Å². The van der Waals surface area contributed by atoms with Crippen LogP contribution in [0, 0.1) is 13.8 Å². The summed E-state index contributed by atoms with van der Waals surface area (Å²) >= 11 is 0. The van der Waals surface area contributed by atoms with Gasteiger partial charge in [-0.15, -0.1) is 0 Å². The van der Waals surface area contributed by atoms with Crippen LogP contribution in [0.4, 0.5) is 0 Å². The van der Waals surface area contributed by atoms with Crippen molar-refractivity contribution in [2.24, 2.45) is 0 Å². The van der Waals surface area contributed by atoms with Crippen molar-refractivity contribution < 1.29 is 5.11 Å². The summed E-state index contributed by atoms with van der Waals surface area (Å²) in [6, 6.07) is 15.1. The Kier molecular flexibility index (Phi) is 4.12. The Bertz CT molecular complexity index is 629. The molecule has 2 aromatic carbocycles. The molecule has 0 aliphatic heterocycles. The molecule has 1 aliphatic carbocycles. The lowest BCUT2D eigenvalue weighted by Gasteiger charge is -2.28. The molecule has 0 heterocycles. The van der Waals surface area contributed by atoms with E-state index in [0.717, 1.165) is 12.0 Å². The molecule has 2 atom stereocenters. The quantitative estimate of drug-likeness (QED) is 0.852. The van der Waals surface area contributed by atoms with E-state index in [1.165, 1.54) is 41.5 Å². The van der Waals surface area contributed by atoms with Gasteiger partial charge in [-0.2, -0.15) is 0 Å². The van der Waals surface area contributed by atoms with Crippen LogP contribution < -0.4 is 0 Å².